The van der Waals surface area contributed by atoms with Gasteiger partial charge in [0.25, 0.3) is 5.91 Å². The fourth-order valence-corrected chi connectivity index (χ4v) is 3.14. The molecule has 2 amide bonds. The van der Waals surface area contributed by atoms with Crippen LogP contribution >= 0.6 is 0 Å². The Labute approximate surface area is 147 Å². The first-order valence-electron chi connectivity index (χ1n) is 8.74. The summed E-state index contributed by atoms with van der Waals surface area (Å²) in [5, 5.41) is 9.12. The van der Waals surface area contributed by atoms with Gasteiger partial charge in [0.1, 0.15) is 5.76 Å². The molecule has 0 bridgehead atoms. The molecule has 1 atom stereocenters. The number of piperidine rings is 1. The van der Waals surface area contributed by atoms with Crippen molar-refractivity contribution in [3.63, 3.8) is 0 Å². The van der Waals surface area contributed by atoms with Crippen molar-refractivity contribution in [3.8, 4) is 0 Å². The number of rotatable bonds is 6. The van der Waals surface area contributed by atoms with Gasteiger partial charge in [-0.25, -0.2) is 0 Å². The number of likely N-dealkylation sites (tertiary alicyclic amines) is 1. The number of carbonyl (C=O) groups excluding carboxylic acids is 2. The lowest BCUT2D eigenvalue weighted by molar-refractivity contribution is -0.145. The molecule has 1 aromatic heterocycles. The number of carbonyl (C=O) groups is 3. The Morgan fingerprint density at radius 2 is 2.04 bits per heavy atom. The average molecular weight is 350 g/mol. The predicted molar refractivity (Wildman–Crippen MR) is 91.4 cm³/mol. The Balaban J connectivity index is 1.99. The van der Waals surface area contributed by atoms with Crippen molar-refractivity contribution in [2.45, 2.75) is 39.5 Å². The molecular weight excluding hydrogens is 324 g/mol. The smallest absolute Gasteiger partial charge is 0.308 e. The predicted octanol–water partition coefficient (Wildman–Crippen LogP) is 1.80. The fraction of sp³-hybridized carbons (Fsp3) is 0.611. The van der Waals surface area contributed by atoms with E-state index in [2.05, 4.69) is 0 Å². The molecule has 138 valence electrons. The minimum atomic E-state index is -0.878. The van der Waals surface area contributed by atoms with Crippen LogP contribution in [-0.4, -0.2) is 59.4 Å². The highest BCUT2D eigenvalue weighted by Gasteiger charge is 2.29. The maximum atomic E-state index is 12.5. The lowest BCUT2D eigenvalue weighted by Crippen LogP contribution is -2.46. The molecule has 25 heavy (non-hydrogen) atoms. The molecule has 1 N–H and O–H groups in total. The molecule has 0 radical (unpaired) electrons. The van der Waals surface area contributed by atoms with Crippen LogP contribution in [0.4, 0.5) is 0 Å². The van der Waals surface area contributed by atoms with Crippen molar-refractivity contribution >= 4 is 17.8 Å². The number of nitrogens with zero attached hydrogens (tertiary/aromatic N) is 2. The Bertz CT molecular complexity index is 630. The van der Waals surface area contributed by atoms with Gasteiger partial charge in [-0.1, -0.05) is 13.8 Å². The van der Waals surface area contributed by atoms with Gasteiger partial charge in [0.05, 0.1) is 12.5 Å². The molecule has 2 heterocycles. The van der Waals surface area contributed by atoms with Crippen molar-refractivity contribution in [2.75, 3.05) is 26.7 Å². The number of likely N-dealkylation sites (N-methyl/N-ethyl adjacent to an activating group) is 1. The van der Waals surface area contributed by atoms with Gasteiger partial charge in [-0.2, -0.15) is 0 Å². The summed E-state index contributed by atoms with van der Waals surface area (Å²) in [4.78, 5) is 38.9. The van der Waals surface area contributed by atoms with Crippen LogP contribution < -0.4 is 0 Å². The molecule has 1 aromatic rings. The van der Waals surface area contributed by atoms with Crippen LogP contribution in [0, 0.1) is 5.92 Å². The number of aliphatic carboxylic acids is 1. The third-order valence-electron chi connectivity index (χ3n) is 4.65. The number of hydrogen-bond donors (Lipinski definition) is 1. The summed E-state index contributed by atoms with van der Waals surface area (Å²) in [5.41, 5.74) is 1.01. The molecule has 0 spiro atoms. The first-order chi connectivity index (χ1) is 11.9. The van der Waals surface area contributed by atoms with Gasteiger partial charge in [-0.05, 0) is 30.9 Å². The lowest BCUT2D eigenvalue weighted by Gasteiger charge is -2.31. The van der Waals surface area contributed by atoms with Gasteiger partial charge < -0.3 is 19.3 Å². The Kier molecular flexibility index (Phi) is 6.22. The lowest BCUT2D eigenvalue weighted by atomic mass is 9.98. The van der Waals surface area contributed by atoms with E-state index in [0.717, 1.165) is 17.7 Å². The van der Waals surface area contributed by atoms with E-state index in [4.69, 9.17) is 9.52 Å². The van der Waals surface area contributed by atoms with E-state index in [1.54, 1.807) is 13.1 Å². The van der Waals surface area contributed by atoms with Gasteiger partial charge in [-0.3, -0.25) is 14.4 Å². The first-order valence-corrected chi connectivity index (χ1v) is 8.74. The molecule has 1 unspecified atom stereocenters. The van der Waals surface area contributed by atoms with Crippen LogP contribution in [0.1, 0.15) is 48.6 Å². The number of carboxylic acid groups (broad SMARTS) is 1. The minimum absolute atomic E-state index is 0.0885. The maximum Gasteiger partial charge on any atom is 0.308 e. The highest BCUT2D eigenvalue weighted by Crippen LogP contribution is 2.19. The van der Waals surface area contributed by atoms with E-state index < -0.39 is 11.9 Å². The van der Waals surface area contributed by atoms with E-state index in [1.165, 1.54) is 9.80 Å². The van der Waals surface area contributed by atoms with Crippen molar-refractivity contribution in [2.24, 2.45) is 5.92 Å². The van der Waals surface area contributed by atoms with E-state index in [0.29, 0.717) is 25.8 Å². The molecule has 2 rings (SSSR count). The second-order valence-corrected chi connectivity index (χ2v) is 6.44. The topological polar surface area (TPSA) is 91.1 Å². The molecule has 0 aliphatic carbocycles. The van der Waals surface area contributed by atoms with Gasteiger partial charge >= 0.3 is 5.97 Å². The zero-order chi connectivity index (χ0) is 18.6. The number of hydrogen-bond acceptors (Lipinski definition) is 4. The zero-order valence-corrected chi connectivity index (χ0v) is 15.1. The quantitative estimate of drug-likeness (QED) is 0.845. The molecule has 1 saturated heterocycles. The second kappa shape index (κ2) is 8.18. The number of amides is 2. The van der Waals surface area contributed by atoms with Crippen LogP contribution in [0.25, 0.3) is 0 Å². The van der Waals surface area contributed by atoms with Crippen molar-refractivity contribution < 1.29 is 23.9 Å². The zero-order valence-electron chi connectivity index (χ0n) is 15.1. The molecule has 0 saturated carbocycles. The van der Waals surface area contributed by atoms with Crippen LogP contribution in [0.5, 0.6) is 0 Å². The molecule has 7 heteroatoms. The van der Waals surface area contributed by atoms with Gasteiger partial charge in [-0.15, -0.1) is 0 Å². The second-order valence-electron chi connectivity index (χ2n) is 6.44. The Morgan fingerprint density at radius 1 is 1.32 bits per heavy atom. The Morgan fingerprint density at radius 3 is 2.60 bits per heavy atom. The molecule has 1 aliphatic heterocycles. The largest absolute Gasteiger partial charge is 0.481 e. The van der Waals surface area contributed by atoms with Crippen molar-refractivity contribution in [1.82, 2.24) is 9.80 Å². The summed E-state index contributed by atoms with van der Waals surface area (Å²) in [7, 11) is 1.55. The molecular formula is C18H26N2O5. The van der Waals surface area contributed by atoms with Crippen molar-refractivity contribution in [3.05, 3.63) is 23.2 Å². The summed E-state index contributed by atoms with van der Waals surface area (Å²) < 4.78 is 5.62. The molecule has 1 aliphatic rings. The third kappa shape index (κ3) is 4.41. The Hall–Kier alpha value is -2.31. The van der Waals surface area contributed by atoms with E-state index in [-0.39, 0.29) is 30.7 Å². The summed E-state index contributed by atoms with van der Waals surface area (Å²) in [5.74, 6) is -0.939. The SMILES string of the molecule is CCc1cc(C(=O)N(C)CC(=O)N2CCCC(C(=O)O)C2)oc1CC. The van der Waals surface area contributed by atoms with Gasteiger partial charge in [0, 0.05) is 26.6 Å². The van der Waals surface area contributed by atoms with Crippen molar-refractivity contribution in [1.29, 1.82) is 0 Å². The summed E-state index contributed by atoms with van der Waals surface area (Å²) in [6, 6.07) is 1.74. The summed E-state index contributed by atoms with van der Waals surface area (Å²) in [6.45, 7) is 4.62. The first kappa shape index (κ1) is 19.0. The average Bonchev–Trinajstić information content (AvgIpc) is 3.04. The highest BCUT2D eigenvalue weighted by atomic mass is 16.4. The van der Waals surface area contributed by atoms with Crippen LogP contribution in [0.2, 0.25) is 0 Å². The number of aryl methyl sites for hydroxylation is 2. The van der Waals surface area contributed by atoms with E-state index >= 15 is 0 Å². The van der Waals surface area contributed by atoms with Crippen LogP contribution in [-0.2, 0) is 22.4 Å². The monoisotopic (exact) mass is 350 g/mol. The molecule has 0 aromatic carbocycles. The standard InChI is InChI=1S/C18H26N2O5/c1-4-12-9-15(25-14(12)5-2)17(22)19(3)11-16(21)20-8-6-7-13(10-20)18(23)24/h9,13H,4-8,10-11H2,1-3H3,(H,23,24). The van der Waals surface area contributed by atoms with Crippen LogP contribution in [0.15, 0.2) is 10.5 Å². The summed E-state index contributed by atoms with van der Waals surface area (Å²) in [6.07, 6.45) is 2.74. The molecule has 1 fully saturated rings. The van der Waals surface area contributed by atoms with Gasteiger partial charge in [0.2, 0.25) is 5.91 Å². The summed E-state index contributed by atoms with van der Waals surface area (Å²) >= 11 is 0. The highest BCUT2D eigenvalue weighted by molar-refractivity contribution is 5.94. The fourth-order valence-electron chi connectivity index (χ4n) is 3.14. The third-order valence-corrected chi connectivity index (χ3v) is 4.65. The van der Waals surface area contributed by atoms with Crippen LogP contribution in [0.3, 0.4) is 0 Å². The van der Waals surface area contributed by atoms with E-state index in [9.17, 15) is 14.4 Å². The maximum absolute atomic E-state index is 12.5. The van der Waals surface area contributed by atoms with Gasteiger partial charge in [0.15, 0.2) is 5.76 Å². The normalized spacial score (nSPS) is 17.4. The minimum Gasteiger partial charge on any atom is -0.481 e. The number of carboxylic acids is 1. The number of furan rings is 1. The molecule has 7 nitrogen and oxygen atoms in total. The van der Waals surface area contributed by atoms with E-state index in [1.807, 2.05) is 13.8 Å².